The van der Waals surface area contributed by atoms with Crippen LogP contribution in [0.4, 0.5) is 0 Å². The number of carbonyl (C=O) groups excluding carboxylic acids is 2. The molecule has 0 radical (unpaired) electrons. The Balaban J connectivity index is 1.63. The number of pyridine rings is 1. The van der Waals surface area contributed by atoms with E-state index in [0.717, 1.165) is 0 Å². The lowest BCUT2D eigenvalue weighted by Gasteiger charge is -2.32. The van der Waals surface area contributed by atoms with Crippen LogP contribution in [0.5, 0.6) is 0 Å². The number of ketones is 1. The summed E-state index contributed by atoms with van der Waals surface area (Å²) >= 11 is 0. The van der Waals surface area contributed by atoms with E-state index in [1.807, 2.05) is 18.2 Å². The summed E-state index contributed by atoms with van der Waals surface area (Å²) in [6.07, 6.45) is 2.76. The van der Waals surface area contributed by atoms with Crippen molar-refractivity contribution in [2.45, 2.75) is 18.8 Å². The van der Waals surface area contributed by atoms with Gasteiger partial charge >= 0.3 is 0 Å². The minimum atomic E-state index is -0.831. The highest BCUT2D eigenvalue weighted by molar-refractivity contribution is 5.94. The van der Waals surface area contributed by atoms with Crippen LogP contribution < -0.4 is 0 Å². The Morgan fingerprint density at radius 1 is 1.08 bits per heavy atom. The minimum Gasteiger partial charge on any atom is -0.339 e. The molecule has 25 heavy (non-hydrogen) atoms. The van der Waals surface area contributed by atoms with E-state index in [0.29, 0.717) is 37.2 Å². The Hall–Kier alpha value is -3.00. The van der Waals surface area contributed by atoms with Gasteiger partial charge in [0.25, 0.3) is 5.91 Å². The molecular weight excluding hydrogens is 314 g/mol. The van der Waals surface area contributed by atoms with E-state index in [2.05, 4.69) is 11.1 Å². The first-order valence-corrected chi connectivity index (χ1v) is 8.39. The molecule has 1 aromatic carbocycles. The van der Waals surface area contributed by atoms with E-state index in [1.54, 1.807) is 41.4 Å². The van der Waals surface area contributed by atoms with Crippen LogP contribution in [-0.4, -0.2) is 34.7 Å². The van der Waals surface area contributed by atoms with Gasteiger partial charge in [-0.3, -0.25) is 14.6 Å². The van der Waals surface area contributed by atoms with Gasteiger partial charge in [-0.05, 0) is 37.1 Å². The van der Waals surface area contributed by atoms with Gasteiger partial charge < -0.3 is 4.90 Å². The van der Waals surface area contributed by atoms with Crippen LogP contribution in [-0.2, 0) is 4.79 Å². The standard InChI is InChI=1S/C20H19N3O2/c21-14-17(18-8-4-5-11-22-18)19(24)15-9-12-23(13-10-15)20(25)16-6-2-1-3-7-16/h1-8,11,15,17H,9-10,12-13H2. The Bertz CT molecular complexity index is 776. The van der Waals surface area contributed by atoms with Crippen LogP contribution in [0.3, 0.4) is 0 Å². The van der Waals surface area contributed by atoms with Gasteiger partial charge in [-0.2, -0.15) is 5.26 Å². The van der Waals surface area contributed by atoms with E-state index in [-0.39, 0.29) is 17.6 Å². The number of hydrogen-bond donors (Lipinski definition) is 0. The van der Waals surface area contributed by atoms with E-state index < -0.39 is 5.92 Å². The Morgan fingerprint density at radius 3 is 2.36 bits per heavy atom. The molecule has 2 heterocycles. The molecule has 1 aliphatic rings. The number of aromatic nitrogens is 1. The molecule has 2 aromatic rings. The van der Waals surface area contributed by atoms with Gasteiger partial charge in [0.15, 0.2) is 5.78 Å². The number of Topliss-reactive ketones (excluding diaryl/α,β-unsaturated/α-hetero) is 1. The Labute approximate surface area is 146 Å². The van der Waals surface area contributed by atoms with Gasteiger partial charge in [0.1, 0.15) is 5.92 Å². The van der Waals surface area contributed by atoms with Gasteiger partial charge in [-0.1, -0.05) is 24.3 Å². The zero-order chi connectivity index (χ0) is 17.6. The third-order valence-corrected chi connectivity index (χ3v) is 4.60. The second kappa shape index (κ2) is 7.71. The number of rotatable bonds is 4. The Kier molecular flexibility index (Phi) is 5.20. The van der Waals surface area contributed by atoms with Gasteiger partial charge in [0, 0.05) is 30.8 Å². The third kappa shape index (κ3) is 3.74. The molecular formula is C20H19N3O2. The van der Waals surface area contributed by atoms with Crippen molar-refractivity contribution in [1.82, 2.24) is 9.88 Å². The summed E-state index contributed by atoms with van der Waals surface area (Å²) in [6, 6.07) is 16.5. The fourth-order valence-electron chi connectivity index (χ4n) is 3.19. The van der Waals surface area contributed by atoms with E-state index >= 15 is 0 Å². The maximum Gasteiger partial charge on any atom is 0.253 e. The SMILES string of the molecule is N#CC(C(=O)C1CCN(C(=O)c2ccccc2)CC1)c1ccccn1. The molecule has 1 unspecified atom stereocenters. The number of carbonyl (C=O) groups is 2. The first kappa shape index (κ1) is 16.8. The van der Waals surface area contributed by atoms with Crippen molar-refractivity contribution in [1.29, 1.82) is 5.26 Å². The number of nitrogens with zero attached hydrogens (tertiary/aromatic N) is 3. The summed E-state index contributed by atoms with van der Waals surface area (Å²) in [7, 11) is 0. The average molecular weight is 333 g/mol. The van der Waals surface area contributed by atoms with Crippen LogP contribution in [0.25, 0.3) is 0 Å². The van der Waals surface area contributed by atoms with Crippen LogP contribution in [0, 0.1) is 17.2 Å². The van der Waals surface area contributed by atoms with Crippen molar-refractivity contribution in [3.05, 3.63) is 66.0 Å². The molecule has 1 fully saturated rings. The van der Waals surface area contributed by atoms with Crippen molar-refractivity contribution in [3.8, 4) is 6.07 Å². The molecule has 3 rings (SSSR count). The summed E-state index contributed by atoms with van der Waals surface area (Å²) in [4.78, 5) is 31.1. The first-order chi connectivity index (χ1) is 12.2. The smallest absolute Gasteiger partial charge is 0.253 e. The molecule has 5 heteroatoms. The van der Waals surface area contributed by atoms with Crippen molar-refractivity contribution < 1.29 is 9.59 Å². The molecule has 5 nitrogen and oxygen atoms in total. The molecule has 0 aliphatic carbocycles. The number of benzene rings is 1. The van der Waals surface area contributed by atoms with Crippen molar-refractivity contribution in [2.24, 2.45) is 5.92 Å². The van der Waals surface area contributed by atoms with Crippen molar-refractivity contribution in [3.63, 3.8) is 0 Å². The quantitative estimate of drug-likeness (QED) is 0.862. The van der Waals surface area contributed by atoms with Gasteiger partial charge in [-0.25, -0.2) is 0 Å². The van der Waals surface area contributed by atoms with E-state index in [4.69, 9.17) is 0 Å². The topological polar surface area (TPSA) is 74.1 Å². The molecule has 1 aliphatic heterocycles. The molecule has 1 saturated heterocycles. The van der Waals surface area contributed by atoms with Crippen molar-refractivity contribution in [2.75, 3.05) is 13.1 Å². The molecule has 0 saturated carbocycles. The summed E-state index contributed by atoms with van der Waals surface area (Å²) in [5, 5.41) is 9.39. The van der Waals surface area contributed by atoms with Gasteiger partial charge in [0.05, 0.1) is 11.8 Å². The zero-order valence-electron chi connectivity index (χ0n) is 13.8. The molecule has 1 atom stereocenters. The molecule has 1 aromatic heterocycles. The highest BCUT2D eigenvalue weighted by atomic mass is 16.2. The normalized spacial score (nSPS) is 16.0. The first-order valence-electron chi connectivity index (χ1n) is 8.39. The number of likely N-dealkylation sites (tertiary alicyclic amines) is 1. The Morgan fingerprint density at radius 2 is 1.76 bits per heavy atom. The van der Waals surface area contributed by atoms with Crippen LogP contribution in [0.1, 0.15) is 34.8 Å². The highest BCUT2D eigenvalue weighted by Gasteiger charge is 2.33. The number of hydrogen-bond acceptors (Lipinski definition) is 4. The molecule has 126 valence electrons. The molecule has 0 spiro atoms. The summed E-state index contributed by atoms with van der Waals surface area (Å²) in [5.41, 5.74) is 1.16. The summed E-state index contributed by atoms with van der Waals surface area (Å²) in [5.74, 6) is -1.13. The fraction of sp³-hybridized carbons (Fsp3) is 0.300. The third-order valence-electron chi connectivity index (χ3n) is 4.60. The lowest BCUT2D eigenvalue weighted by atomic mass is 9.84. The zero-order valence-corrected chi connectivity index (χ0v) is 13.8. The van der Waals surface area contributed by atoms with Gasteiger partial charge in [0.2, 0.25) is 0 Å². The largest absolute Gasteiger partial charge is 0.339 e. The van der Waals surface area contributed by atoms with E-state index in [9.17, 15) is 14.9 Å². The van der Waals surface area contributed by atoms with Crippen LogP contribution in [0.15, 0.2) is 54.7 Å². The fourth-order valence-corrected chi connectivity index (χ4v) is 3.19. The predicted molar refractivity (Wildman–Crippen MR) is 92.7 cm³/mol. The van der Waals surface area contributed by atoms with E-state index in [1.165, 1.54) is 0 Å². The molecule has 1 amide bonds. The van der Waals surface area contributed by atoms with Crippen molar-refractivity contribution >= 4 is 11.7 Å². The lowest BCUT2D eigenvalue weighted by molar-refractivity contribution is -0.124. The maximum atomic E-state index is 12.7. The number of amides is 1. The molecule has 0 N–H and O–H groups in total. The van der Waals surface area contributed by atoms with Gasteiger partial charge in [-0.15, -0.1) is 0 Å². The van der Waals surface area contributed by atoms with Crippen LogP contribution >= 0.6 is 0 Å². The second-order valence-electron chi connectivity index (χ2n) is 6.15. The number of nitriles is 1. The lowest BCUT2D eigenvalue weighted by Crippen LogP contribution is -2.41. The van der Waals surface area contributed by atoms with Crippen LogP contribution in [0.2, 0.25) is 0 Å². The number of piperidine rings is 1. The molecule has 0 bridgehead atoms. The highest BCUT2D eigenvalue weighted by Crippen LogP contribution is 2.26. The monoisotopic (exact) mass is 333 g/mol. The summed E-state index contributed by atoms with van der Waals surface area (Å²) in [6.45, 7) is 1.06. The second-order valence-corrected chi connectivity index (χ2v) is 6.15. The summed E-state index contributed by atoms with van der Waals surface area (Å²) < 4.78 is 0. The predicted octanol–water partition coefficient (Wildman–Crippen LogP) is 2.81. The average Bonchev–Trinajstić information content (AvgIpc) is 2.69. The minimum absolute atomic E-state index is 0.00643. The maximum absolute atomic E-state index is 12.7.